The number of carbonyl (C=O) groups is 2. The highest BCUT2D eigenvalue weighted by Gasteiger charge is 2.77. The Kier molecular flexibility index (Phi) is 3.23. The van der Waals surface area contributed by atoms with Crippen LogP contribution in [0.4, 0.5) is 0 Å². The van der Waals surface area contributed by atoms with Crippen LogP contribution in [0, 0.1) is 17.3 Å². The van der Waals surface area contributed by atoms with Crippen LogP contribution in [-0.2, 0) is 19.1 Å². The number of rotatable bonds is 2. The molecule has 0 bridgehead atoms. The van der Waals surface area contributed by atoms with E-state index >= 15 is 0 Å². The number of aliphatic hydroxyl groups is 1. The number of aliphatic hydroxyl groups excluding tert-OH is 1. The van der Waals surface area contributed by atoms with Crippen molar-refractivity contribution in [3.8, 4) is 0 Å². The minimum absolute atomic E-state index is 0.0420. The van der Waals surface area contributed by atoms with Crippen LogP contribution in [0.25, 0.3) is 0 Å². The number of esters is 1. The fourth-order valence-corrected chi connectivity index (χ4v) is 5.14. The molecule has 0 aromatic heterocycles. The molecule has 0 aromatic carbocycles. The molecular formula is C16H24O5. The molecule has 118 valence electrons. The van der Waals surface area contributed by atoms with Crippen molar-refractivity contribution in [2.75, 3.05) is 0 Å². The molecule has 5 nitrogen and oxygen atoms in total. The first-order chi connectivity index (χ1) is 9.74. The highest BCUT2D eigenvalue weighted by Crippen LogP contribution is 2.68. The number of epoxide rings is 1. The first kappa shape index (κ1) is 15.0. The van der Waals surface area contributed by atoms with E-state index in [1.165, 1.54) is 6.92 Å². The van der Waals surface area contributed by atoms with E-state index in [2.05, 4.69) is 13.8 Å². The molecule has 0 aromatic rings. The molecule has 1 heterocycles. The molecule has 3 rings (SSSR count). The second-order valence-corrected chi connectivity index (χ2v) is 7.19. The molecule has 1 spiro atoms. The number of Topliss-reactive ketones (excluding diaryl/α,β-unsaturated/α-hetero) is 1. The van der Waals surface area contributed by atoms with Crippen molar-refractivity contribution < 1.29 is 24.2 Å². The smallest absolute Gasteiger partial charge is 0.302 e. The van der Waals surface area contributed by atoms with Gasteiger partial charge in [-0.3, -0.25) is 9.59 Å². The van der Waals surface area contributed by atoms with Gasteiger partial charge >= 0.3 is 5.97 Å². The van der Waals surface area contributed by atoms with Crippen molar-refractivity contribution in [2.45, 2.75) is 70.9 Å². The van der Waals surface area contributed by atoms with E-state index in [1.807, 2.05) is 0 Å². The van der Waals surface area contributed by atoms with E-state index in [4.69, 9.17) is 9.47 Å². The van der Waals surface area contributed by atoms with Crippen molar-refractivity contribution in [3.63, 3.8) is 0 Å². The van der Waals surface area contributed by atoms with Gasteiger partial charge in [0.15, 0.2) is 0 Å². The quantitative estimate of drug-likeness (QED) is 0.617. The lowest BCUT2D eigenvalue weighted by atomic mass is 9.49. The molecule has 5 heteroatoms. The molecule has 0 unspecified atom stereocenters. The van der Waals surface area contributed by atoms with Gasteiger partial charge in [0.2, 0.25) is 0 Å². The van der Waals surface area contributed by atoms with Crippen molar-refractivity contribution in [2.24, 2.45) is 17.3 Å². The molecule has 1 saturated heterocycles. The molecule has 1 N–H and O–H groups in total. The summed E-state index contributed by atoms with van der Waals surface area (Å²) in [4.78, 5) is 23.7. The minimum atomic E-state index is -0.453. The van der Waals surface area contributed by atoms with Crippen LogP contribution in [0.1, 0.15) is 47.0 Å². The average Bonchev–Trinajstić information content (AvgIpc) is 3.09. The largest absolute Gasteiger partial charge is 0.462 e. The monoisotopic (exact) mass is 296 g/mol. The van der Waals surface area contributed by atoms with Crippen molar-refractivity contribution in [3.05, 3.63) is 0 Å². The Morgan fingerprint density at radius 1 is 1.33 bits per heavy atom. The van der Waals surface area contributed by atoms with E-state index in [0.717, 1.165) is 6.42 Å². The summed E-state index contributed by atoms with van der Waals surface area (Å²) >= 11 is 0. The fourth-order valence-electron chi connectivity index (χ4n) is 5.14. The van der Waals surface area contributed by atoms with Gasteiger partial charge in [-0.2, -0.15) is 0 Å². The van der Waals surface area contributed by atoms with Crippen LogP contribution in [0.5, 0.6) is 0 Å². The van der Waals surface area contributed by atoms with E-state index in [1.54, 1.807) is 6.92 Å². The summed E-state index contributed by atoms with van der Waals surface area (Å²) in [5.41, 5.74) is -0.807. The van der Waals surface area contributed by atoms with Crippen LogP contribution in [0.15, 0.2) is 0 Å². The van der Waals surface area contributed by atoms with Crippen LogP contribution in [-0.4, -0.2) is 40.8 Å². The zero-order valence-electron chi connectivity index (χ0n) is 13.1. The van der Waals surface area contributed by atoms with Gasteiger partial charge < -0.3 is 14.6 Å². The number of ketones is 1. The third-order valence-corrected chi connectivity index (χ3v) is 6.19. The molecule has 3 fully saturated rings. The van der Waals surface area contributed by atoms with Gasteiger partial charge in [0.05, 0.1) is 12.0 Å². The van der Waals surface area contributed by atoms with Crippen molar-refractivity contribution in [1.29, 1.82) is 0 Å². The SMILES string of the molecule is CC(=O)O[C@@H]1CC[C@@]23O[C@@H]2[C@H](O)C[C@@H](C)[C@]3(C)[C@@H]1C(C)=O. The third kappa shape index (κ3) is 1.83. The fraction of sp³-hybridized carbons (Fsp3) is 0.875. The van der Waals surface area contributed by atoms with Gasteiger partial charge in [-0.15, -0.1) is 0 Å². The summed E-state index contributed by atoms with van der Waals surface area (Å²) in [5, 5.41) is 10.2. The van der Waals surface area contributed by atoms with E-state index in [0.29, 0.717) is 12.8 Å². The summed E-state index contributed by atoms with van der Waals surface area (Å²) in [6.45, 7) is 7.09. The van der Waals surface area contributed by atoms with Gasteiger partial charge in [0.1, 0.15) is 23.6 Å². The molecule has 21 heavy (non-hydrogen) atoms. The first-order valence-electron chi connectivity index (χ1n) is 7.77. The number of hydrogen-bond donors (Lipinski definition) is 1. The van der Waals surface area contributed by atoms with Gasteiger partial charge in [0, 0.05) is 12.3 Å². The molecule has 1 aliphatic heterocycles. The normalized spacial score (nSPS) is 51.6. The standard InChI is InChI=1S/C16H24O5/c1-8-7-11(19)14-16(21-14)6-5-12(20-10(3)18)13(9(2)17)15(8,16)4/h8,11-14,19H,5-7H2,1-4H3/t8-,11-,12-,13-,14-,15-,16-/m1/s1. The van der Waals surface area contributed by atoms with Gasteiger partial charge in [-0.1, -0.05) is 13.8 Å². The lowest BCUT2D eigenvalue weighted by Crippen LogP contribution is -2.62. The predicted molar refractivity (Wildman–Crippen MR) is 74.5 cm³/mol. The number of ether oxygens (including phenoxy) is 2. The second kappa shape index (κ2) is 4.53. The van der Waals surface area contributed by atoms with Crippen LogP contribution >= 0.6 is 0 Å². The predicted octanol–water partition coefficient (Wildman–Crippen LogP) is 1.46. The maximum Gasteiger partial charge on any atom is 0.302 e. The van der Waals surface area contributed by atoms with Gasteiger partial charge in [0.25, 0.3) is 0 Å². The highest BCUT2D eigenvalue weighted by atomic mass is 16.6. The van der Waals surface area contributed by atoms with E-state index in [9.17, 15) is 14.7 Å². The zero-order chi connectivity index (χ0) is 15.6. The Hall–Kier alpha value is -0.940. The minimum Gasteiger partial charge on any atom is -0.462 e. The Labute approximate surface area is 125 Å². The number of carbonyl (C=O) groups excluding carboxylic acids is 2. The molecule has 2 saturated carbocycles. The van der Waals surface area contributed by atoms with Crippen LogP contribution < -0.4 is 0 Å². The second-order valence-electron chi connectivity index (χ2n) is 7.19. The van der Waals surface area contributed by atoms with Crippen molar-refractivity contribution in [1.82, 2.24) is 0 Å². The molecule has 3 aliphatic rings. The van der Waals surface area contributed by atoms with Crippen LogP contribution in [0.2, 0.25) is 0 Å². The molecule has 0 radical (unpaired) electrons. The van der Waals surface area contributed by atoms with Crippen molar-refractivity contribution >= 4 is 11.8 Å². The van der Waals surface area contributed by atoms with Crippen LogP contribution in [0.3, 0.4) is 0 Å². The van der Waals surface area contributed by atoms with E-state index < -0.39 is 11.7 Å². The molecule has 7 atom stereocenters. The summed E-state index contributed by atoms with van der Waals surface area (Å²) < 4.78 is 11.4. The van der Waals surface area contributed by atoms with E-state index in [-0.39, 0.29) is 41.2 Å². The zero-order valence-corrected chi connectivity index (χ0v) is 13.1. The average molecular weight is 296 g/mol. The molecular weight excluding hydrogens is 272 g/mol. The highest BCUT2D eigenvalue weighted by molar-refractivity contribution is 5.81. The van der Waals surface area contributed by atoms with Gasteiger partial charge in [-0.25, -0.2) is 0 Å². The Bertz CT molecular complexity index is 489. The lowest BCUT2D eigenvalue weighted by molar-refractivity contribution is -0.172. The summed E-state index contributed by atoms with van der Waals surface area (Å²) in [6.07, 6.45) is 0.981. The summed E-state index contributed by atoms with van der Waals surface area (Å²) in [6, 6.07) is 0. The lowest BCUT2D eigenvalue weighted by Gasteiger charge is -2.54. The maximum absolute atomic E-state index is 12.3. The van der Waals surface area contributed by atoms with Gasteiger partial charge in [-0.05, 0) is 32.1 Å². The summed E-state index contributed by atoms with van der Waals surface area (Å²) in [5.74, 6) is -0.524. The maximum atomic E-state index is 12.3. The Balaban J connectivity index is 2.00. The number of hydrogen-bond acceptors (Lipinski definition) is 5. The first-order valence-corrected chi connectivity index (χ1v) is 7.77. The third-order valence-electron chi connectivity index (χ3n) is 6.19. The topological polar surface area (TPSA) is 76.1 Å². The molecule has 0 amide bonds. The Morgan fingerprint density at radius 2 is 2.00 bits per heavy atom. The Morgan fingerprint density at radius 3 is 2.57 bits per heavy atom. The molecule has 2 aliphatic carbocycles. The summed E-state index contributed by atoms with van der Waals surface area (Å²) in [7, 11) is 0.